The standard InChI is InChI=1S/C9H5Br2IS/c10-4-5-2-1-3-6-7(11)9(12)13-8(5)6/h1-3H,4H2. The third-order valence-corrected chi connectivity index (χ3v) is 6.54. The summed E-state index contributed by atoms with van der Waals surface area (Å²) in [6.07, 6.45) is 0. The van der Waals surface area contributed by atoms with Crippen molar-refractivity contribution in [2.75, 3.05) is 0 Å². The number of thiophene rings is 1. The summed E-state index contributed by atoms with van der Waals surface area (Å²) in [5, 5.41) is 2.25. The number of benzene rings is 1. The van der Waals surface area contributed by atoms with Gasteiger partial charge in [-0.1, -0.05) is 34.1 Å². The molecule has 0 radical (unpaired) electrons. The smallest absolute Gasteiger partial charge is 0.0808 e. The lowest BCUT2D eigenvalue weighted by molar-refractivity contribution is 1.51. The Balaban J connectivity index is 2.84. The zero-order valence-electron chi connectivity index (χ0n) is 6.48. The normalized spacial score (nSPS) is 11.0. The first-order valence-corrected chi connectivity index (χ1v) is 7.46. The van der Waals surface area contributed by atoms with E-state index in [0.29, 0.717) is 0 Å². The Morgan fingerprint density at radius 1 is 1.38 bits per heavy atom. The third kappa shape index (κ3) is 1.82. The van der Waals surface area contributed by atoms with Crippen LogP contribution in [0.5, 0.6) is 0 Å². The third-order valence-electron chi connectivity index (χ3n) is 1.84. The van der Waals surface area contributed by atoms with Gasteiger partial charge in [0.05, 0.1) is 2.88 Å². The van der Waals surface area contributed by atoms with Crippen molar-refractivity contribution >= 4 is 75.9 Å². The molecule has 13 heavy (non-hydrogen) atoms. The molecule has 0 bridgehead atoms. The van der Waals surface area contributed by atoms with Crippen LogP contribution in [0.4, 0.5) is 0 Å². The van der Waals surface area contributed by atoms with Crippen LogP contribution < -0.4 is 0 Å². The van der Waals surface area contributed by atoms with Crippen LogP contribution in [0.25, 0.3) is 10.1 Å². The van der Waals surface area contributed by atoms with Crippen molar-refractivity contribution in [2.45, 2.75) is 5.33 Å². The molecular formula is C9H5Br2IS. The molecule has 0 unspecified atom stereocenters. The van der Waals surface area contributed by atoms with E-state index < -0.39 is 0 Å². The van der Waals surface area contributed by atoms with Crippen molar-refractivity contribution in [1.82, 2.24) is 0 Å². The molecule has 0 saturated carbocycles. The molecule has 0 aliphatic carbocycles. The predicted molar refractivity (Wildman–Crippen MR) is 74.9 cm³/mol. The van der Waals surface area contributed by atoms with Gasteiger partial charge in [-0.15, -0.1) is 11.3 Å². The van der Waals surface area contributed by atoms with Crippen LogP contribution >= 0.6 is 65.8 Å². The number of alkyl halides is 1. The van der Waals surface area contributed by atoms with E-state index in [4.69, 9.17) is 0 Å². The van der Waals surface area contributed by atoms with Gasteiger partial charge in [0.25, 0.3) is 0 Å². The highest BCUT2D eigenvalue weighted by molar-refractivity contribution is 14.1. The van der Waals surface area contributed by atoms with E-state index in [1.54, 1.807) is 0 Å². The maximum atomic E-state index is 3.60. The van der Waals surface area contributed by atoms with Crippen molar-refractivity contribution < 1.29 is 0 Å². The Morgan fingerprint density at radius 3 is 2.85 bits per heavy atom. The molecule has 4 heteroatoms. The molecule has 2 aromatic rings. The van der Waals surface area contributed by atoms with Gasteiger partial charge >= 0.3 is 0 Å². The fraction of sp³-hybridized carbons (Fsp3) is 0.111. The molecule has 2 rings (SSSR count). The number of rotatable bonds is 1. The van der Waals surface area contributed by atoms with Gasteiger partial charge in [-0.05, 0) is 44.1 Å². The zero-order chi connectivity index (χ0) is 9.42. The summed E-state index contributed by atoms with van der Waals surface area (Å²) in [4.78, 5) is 0. The Hall–Kier alpha value is 0.870. The van der Waals surface area contributed by atoms with Crippen molar-refractivity contribution in [2.24, 2.45) is 0 Å². The van der Waals surface area contributed by atoms with Gasteiger partial charge in [-0.3, -0.25) is 0 Å². The summed E-state index contributed by atoms with van der Waals surface area (Å²) in [6.45, 7) is 0. The highest BCUT2D eigenvalue weighted by Gasteiger charge is 2.09. The molecule has 0 aliphatic heterocycles. The summed E-state index contributed by atoms with van der Waals surface area (Å²) in [5.41, 5.74) is 1.37. The molecule has 1 heterocycles. The number of fused-ring (bicyclic) bond motifs is 1. The fourth-order valence-corrected chi connectivity index (χ4v) is 4.46. The number of hydrogen-bond acceptors (Lipinski definition) is 1. The summed E-state index contributed by atoms with van der Waals surface area (Å²) in [5.74, 6) is 0. The number of halogens is 3. The average Bonchev–Trinajstić information content (AvgIpc) is 2.43. The van der Waals surface area contributed by atoms with E-state index >= 15 is 0 Å². The topological polar surface area (TPSA) is 0 Å². The SMILES string of the molecule is BrCc1cccc2c(Br)c(I)sc12. The van der Waals surface area contributed by atoms with Crippen LogP contribution in [0.15, 0.2) is 22.7 Å². The van der Waals surface area contributed by atoms with Gasteiger partial charge < -0.3 is 0 Å². The second-order valence-corrected chi connectivity index (χ2v) is 6.80. The highest BCUT2D eigenvalue weighted by Crippen LogP contribution is 2.38. The molecule has 0 aliphatic rings. The van der Waals surface area contributed by atoms with Crippen molar-refractivity contribution in [1.29, 1.82) is 0 Å². The van der Waals surface area contributed by atoms with Crippen LogP contribution in [0.3, 0.4) is 0 Å². The van der Waals surface area contributed by atoms with Crippen LogP contribution in [0.1, 0.15) is 5.56 Å². The quantitative estimate of drug-likeness (QED) is 0.432. The lowest BCUT2D eigenvalue weighted by atomic mass is 10.2. The van der Waals surface area contributed by atoms with E-state index in [0.717, 1.165) is 5.33 Å². The first kappa shape index (κ1) is 10.4. The van der Waals surface area contributed by atoms with E-state index in [9.17, 15) is 0 Å². The van der Waals surface area contributed by atoms with Crippen LogP contribution in [-0.2, 0) is 5.33 Å². The van der Waals surface area contributed by atoms with Gasteiger partial charge in [0, 0.05) is 19.9 Å². The van der Waals surface area contributed by atoms with Gasteiger partial charge in [0.15, 0.2) is 0 Å². The molecule has 0 nitrogen and oxygen atoms in total. The lowest BCUT2D eigenvalue weighted by Crippen LogP contribution is -1.75. The Morgan fingerprint density at radius 2 is 2.15 bits per heavy atom. The molecule has 0 spiro atoms. The maximum absolute atomic E-state index is 3.60. The largest absolute Gasteiger partial charge is 0.128 e. The van der Waals surface area contributed by atoms with E-state index in [1.165, 1.54) is 23.0 Å². The summed E-state index contributed by atoms with van der Waals surface area (Å²) >= 11 is 11.3. The highest BCUT2D eigenvalue weighted by atomic mass is 127. The lowest BCUT2D eigenvalue weighted by Gasteiger charge is -1.96. The first-order valence-electron chi connectivity index (χ1n) is 3.65. The molecule has 0 atom stereocenters. The maximum Gasteiger partial charge on any atom is 0.0808 e. The van der Waals surface area contributed by atoms with Gasteiger partial charge in [-0.25, -0.2) is 0 Å². The van der Waals surface area contributed by atoms with Crippen molar-refractivity contribution in [3.05, 3.63) is 31.1 Å². The van der Waals surface area contributed by atoms with Crippen molar-refractivity contribution in [3.8, 4) is 0 Å². The molecule has 1 aromatic carbocycles. The Bertz CT molecular complexity index is 450. The first-order chi connectivity index (χ1) is 6.24. The molecule has 1 aromatic heterocycles. The second-order valence-electron chi connectivity index (χ2n) is 2.62. The molecule has 0 saturated heterocycles. The molecule has 0 fully saturated rings. The minimum absolute atomic E-state index is 0.924. The van der Waals surface area contributed by atoms with Crippen LogP contribution in [-0.4, -0.2) is 0 Å². The van der Waals surface area contributed by atoms with Gasteiger partial charge in [-0.2, -0.15) is 0 Å². The molecule has 68 valence electrons. The predicted octanol–water partition coefficient (Wildman–Crippen LogP) is 5.16. The van der Waals surface area contributed by atoms with E-state index in [2.05, 4.69) is 72.6 Å². The van der Waals surface area contributed by atoms with Gasteiger partial charge in [0.1, 0.15) is 0 Å². The summed E-state index contributed by atoms with van der Waals surface area (Å²) in [6, 6.07) is 6.42. The number of hydrogen-bond donors (Lipinski definition) is 0. The fourth-order valence-electron chi connectivity index (χ4n) is 1.22. The van der Waals surface area contributed by atoms with Crippen LogP contribution in [0, 0.1) is 2.88 Å². The molecular weight excluding hydrogens is 427 g/mol. The summed E-state index contributed by atoms with van der Waals surface area (Å²) < 4.78 is 3.94. The van der Waals surface area contributed by atoms with Crippen LogP contribution in [0.2, 0.25) is 0 Å². The van der Waals surface area contributed by atoms with E-state index in [-0.39, 0.29) is 0 Å². The minimum atomic E-state index is 0.924. The zero-order valence-corrected chi connectivity index (χ0v) is 12.6. The van der Waals surface area contributed by atoms with Gasteiger partial charge in [0.2, 0.25) is 0 Å². The monoisotopic (exact) mass is 430 g/mol. The molecule has 0 amide bonds. The average molecular weight is 432 g/mol. The Labute approximate surface area is 111 Å². The summed E-state index contributed by atoms with van der Waals surface area (Å²) in [7, 11) is 0. The van der Waals surface area contributed by atoms with E-state index in [1.807, 2.05) is 11.3 Å². The minimum Gasteiger partial charge on any atom is -0.128 e. The molecule has 0 N–H and O–H groups in total. The van der Waals surface area contributed by atoms with Crippen molar-refractivity contribution in [3.63, 3.8) is 0 Å². The second kappa shape index (κ2) is 4.16. The Kier molecular flexibility index (Phi) is 3.33.